The maximum absolute atomic E-state index is 5.19. The van der Waals surface area contributed by atoms with E-state index in [9.17, 15) is 0 Å². The zero-order valence-corrected chi connectivity index (χ0v) is 29.6. The molecule has 2 heterocycles. The molecule has 0 spiro atoms. The molecule has 0 amide bonds. The fourth-order valence-electron chi connectivity index (χ4n) is 8.18. The van der Waals surface area contributed by atoms with Crippen LogP contribution in [0.25, 0.3) is 89.0 Å². The monoisotopic (exact) mass is 677 g/mol. The van der Waals surface area contributed by atoms with Gasteiger partial charge in [0, 0.05) is 33.7 Å². The molecular formula is C50H35N3. The number of pyridine rings is 1. The fourth-order valence-corrected chi connectivity index (χ4v) is 8.18. The highest BCUT2D eigenvalue weighted by molar-refractivity contribution is 5.99. The molecule has 0 radical (unpaired) electrons. The van der Waals surface area contributed by atoms with E-state index < -0.39 is 0 Å². The van der Waals surface area contributed by atoms with Gasteiger partial charge in [0.2, 0.25) is 0 Å². The summed E-state index contributed by atoms with van der Waals surface area (Å²) in [5.41, 5.74) is 15.9. The van der Waals surface area contributed by atoms with Crippen LogP contribution in [0.15, 0.2) is 176 Å². The van der Waals surface area contributed by atoms with E-state index in [1.807, 2.05) is 30.5 Å². The average molecular weight is 678 g/mol. The minimum absolute atomic E-state index is 0.0874. The first-order valence-corrected chi connectivity index (χ1v) is 18.2. The summed E-state index contributed by atoms with van der Waals surface area (Å²) >= 11 is 0. The lowest BCUT2D eigenvalue weighted by molar-refractivity contribution is 0.661. The van der Waals surface area contributed by atoms with Crippen LogP contribution in [0.2, 0.25) is 0 Å². The number of benzene rings is 7. The predicted molar refractivity (Wildman–Crippen MR) is 220 cm³/mol. The van der Waals surface area contributed by atoms with Crippen LogP contribution in [-0.2, 0) is 5.41 Å². The number of nitrogens with zero attached hydrogens (tertiary/aromatic N) is 3. The smallest absolute Gasteiger partial charge is 0.160 e. The van der Waals surface area contributed by atoms with Gasteiger partial charge in [-0.1, -0.05) is 147 Å². The van der Waals surface area contributed by atoms with E-state index in [4.69, 9.17) is 9.97 Å². The van der Waals surface area contributed by atoms with Crippen LogP contribution < -0.4 is 0 Å². The molecule has 250 valence electrons. The maximum atomic E-state index is 5.19. The molecule has 0 unspecified atom stereocenters. The molecule has 7 aromatic carbocycles. The summed E-state index contributed by atoms with van der Waals surface area (Å²) in [4.78, 5) is 14.9. The summed E-state index contributed by atoms with van der Waals surface area (Å²) in [5.74, 6) is 0.701. The van der Waals surface area contributed by atoms with Crippen molar-refractivity contribution in [1.29, 1.82) is 0 Å². The Hall–Kier alpha value is -6.71. The largest absolute Gasteiger partial charge is 0.256 e. The summed E-state index contributed by atoms with van der Waals surface area (Å²) in [6, 6.07) is 60.6. The van der Waals surface area contributed by atoms with Gasteiger partial charge in [0.15, 0.2) is 5.82 Å². The Morgan fingerprint density at radius 1 is 0.396 bits per heavy atom. The first-order chi connectivity index (χ1) is 26.0. The van der Waals surface area contributed by atoms with Crippen LogP contribution in [0.4, 0.5) is 0 Å². The Morgan fingerprint density at radius 3 is 1.89 bits per heavy atom. The quantitative estimate of drug-likeness (QED) is 0.182. The zero-order valence-electron chi connectivity index (χ0n) is 29.6. The van der Waals surface area contributed by atoms with Gasteiger partial charge in [0.1, 0.15) is 0 Å². The predicted octanol–water partition coefficient (Wildman–Crippen LogP) is 12.8. The van der Waals surface area contributed by atoms with E-state index in [-0.39, 0.29) is 5.41 Å². The average Bonchev–Trinajstić information content (AvgIpc) is 3.45. The molecule has 0 aliphatic heterocycles. The third kappa shape index (κ3) is 5.24. The van der Waals surface area contributed by atoms with Crippen molar-refractivity contribution in [1.82, 2.24) is 15.0 Å². The van der Waals surface area contributed by atoms with Crippen LogP contribution in [0.1, 0.15) is 25.0 Å². The van der Waals surface area contributed by atoms with E-state index in [1.54, 1.807) is 0 Å². The summed E-state index contributed by atoms with van der Waals surface area (Å²) in [6.07, 6.45) is 1.84. The van der Waals surface area contributed by atoms with Gasteiger partial charge in [-0.3, -0.25) is 4.98 Å². The zero-order chi connectivity index (χ0) is 35.5. The van der Waals surface area contributed by atoms with Gasteiger partial charge in [0.25, 0.3) is 0 Å². The van der Waals surface area contributed by atoms with Crippen molar-refractivity contribution in [2.45, 2.75) is 19.3 Å². The first kappa shape index (κ1) is 31.1. The van der Waals surface area contributed by atoms with Crippen molar-refractivity contribution in [3.8, 4) is 67.3 Å². The molecule has 0 fully saturated rings. The number of rotatable bonds is 5. The summed E-state index contributed by atoms with van der Waals surface area (Å²) in [5, 5.41) is 3.67. The van der Waals surface area contributed by atoms with Crippen LogP contribution in [-0.4, -0.2) is 15.0 Å². The Bertz CT molecular complexity index is 2850. The molecule has 2 aromatic heterocycles. The van der Waals surface area contributed by atoms with Crippen molar-refractivity contribution >= 4 is 21.7 Å². The lowest BCUT2D eigenvalue weighted by Gasteiger charge is -2.22. The molecule has 1 aliphatic rings. The number of hydrogen-bond acceptors (Lipinski definition) is 3. The third-order valence-electron chi connectivity index (χ3n) is 10.9. The number of fused-ring (bicyclic) bond motifs is 5. The highest BCUT2D eigenvalue weighted by Gasteiger charge is 2.37. The van der Waals surface area contributed by atoms with Crippen molar-refractivity contribution in [2.24, 2.45) is 0 Å². The molecule has 1 aliphatic carbocycles. The van der Waals surface area contributed by atoms with E-state index in [1.165, 1.54) is 44.2 Å². The fraction of sp³-hybridized carbons (Fsp3) is 0.0600. The SMILES string of the molecule is CC1(C)c2cc3ccccc3cc2-c2c(-c3ccc(-c4cc(-c5ccccc5-c5ccc6ncccc6c5)nc(-c5ccccc5)n4)cc3)cccc21. The second-order valence-corrected chi connectivity index (χ2v) is 14.5. The topological polar surface area (TPSA) is 38.7 Å². The van der Waals surface area contributed by atoms with Crippen molar-refractivity contribution in [3.63, 3.8) is 0 Å². The summed E-state index contributed by atoms with van der Waals surface area (Å²) < 4.78 is 0. The standard InChI is InChI=1S/C50H35N3/c1-50(2)43-20-10-19-40(48(43)42-29-35-14-6-7-15-36(35)30-44(42)50)32-21-23-33(24-22-32)46-31-47(53-49(52-46)34-12-4-3-5-13-34)41-18-9-8-17-39(41)37-25-26-45-38(28-37)16-11-27-51-45/h3-31H,1-2H3. The van der Waals surface area contributed by atoms with Gasteiger partial charge in [-0.15, -0.1) is 0 Å². The molecule has 0 bridgehead atoms. The second kappa shape index (κ2) is 12.2. The van der Waals surface area contributed by atoms with Gasteiger partial charge in [-0.2, -0.15) is 0 Å². The van der Waals surface area contributed by atoms with E-state index in [2.05, 4.69) is 164 Å². The number of hydrogen-bond donors (Lipinski definition) is 0. The Labute approximate surface area is 309 Å². The second-order valence-electron chi connectivity index (χ2n) is 14.5. The minimum Gasteiger partial charge on any atom is -0.256 e. The summed E-state index contributed by atoms with van der Waals surface area (Å²) in [6.45, 7) is 4.71. The highest BCUT2D eigenvalue weighted by Crippen LogP contribution is 2.53. The first-order valence-electron chi connectivity index (χ1n) is 18.2. The molecule has 0 saturated heterocycles. The van der Waals surface area contributed by atoms with E-state index in [0.717, 1.165) is 50.1 Å². The van der Waals surface area contributed by atoms with Gasteiger partial charge < -0.3 is 0 Å². The van der Waals surface area contributed by atoms with Gasteiger partial charge in [-0.05, 0) is 91.7 Å². The van der Waals surface area contributed by atoms with Gasteiger partial charge >= 0.3 is 0 Å². The lowest BCUT2D eigenvalue weighted by Crippen LogP contribution is -2.14. The molecule has 0 saturated carbocycles. The van der Waals surface area contributed by atoms with E-state index >= 15 is 0 Å². The van der Waals surface area contributed by atoms with Gasteiger partial charge in [-0.25, -0.2) is 9.97 Å². The molecule has 0 atom stereocenters. The molecule has 3 heteroatoms. The molecule has 53 heavy (non-hydrogen) atoms. The minimum atomic E-state index is -0.0874. The lowest BCUT2D eigenvalue weighted by atomic mass is 9.81. The molecule has 3 nitrogen and oxygen atoms in total. The van der Waals surface area contributed by atoms with Gasteiger partial charge in [0.05, 0.1) is 16.9 Å². The van der Waals surface area contributed by atoms with Crippen molar-refractivity contribution < 1.29 is 0 Å². The van der Waals surface area contributed by atoms with E-state index in [0.29, 0.717) is 5.82 Å². The van der Waals surface area contributed by atoms with Crippen molar-refractivity contribution in [2.75, 3.05) is 0 Å². The number of aromatic nitrogens is 3. The van der Waals surface area contributed by atoms with Crippen LogP contribution in [0.3, 0.4) is 0 Å². The molecular weight excluding hydrogens is 643 g/mol. The van der Waals surface area contributed by atoms with Crippen LogP contribution >= 0.6 is 0 Å². The van der Waals surface area contributed by atoms with Crippen molar-refractivity contribution in [3.05, 3.63) is 187 Å². The highest BCUT2D eigenvalue weighted by atomic mass is 14.9. The third-order valence-corrected chi connectivity index (χ3v) is 10.9. The molecule has 9 aromatic rings. The van der Waals surface area contributed by atoms with Crippen LogP contribution in [0, 0.1) is 0 Å². The Balaban J connectivity index is 1.09. The summed E-state index contributed by atoms with van der Waals surface area (Å²) in [7, 11) is 0. The molecule has 0 N–H and O–H groups in total. The molecule has 10 rings (SSSR count). The van der Waals surface area contributed by atoms with Crippen LogP contribution in [0.5, 0.6) is 0 Å². The maximum Gasteiger partial charge on any atom is 0.160 e. The Morgan fingerprint density at radius 2 is 1.06 bits per heavy atom. The Kier molecular flexibility index (Phi) is 7.16. The normalized spacial score (nSPS) is 12.9.